The Balaban J connectivity index is 2.68. The summed E-state index contributed by atoms with van der Waals surface area (Å²) in [4.78, 5) is 0. The van der Waals surface area contributed by atoms with Crippen LogP contribution >= 0.6 is 0 Å². The van der Waals surface area contributed by atoms with Crippen LogP contribution in [-0.4, -0.2) is 6.79 Å². The predicted molar refractivity (Wildman–Crippen MR) is 62.2 cm³/mol. The van der Waals surface area contributed by atoms with E-state index in [2.05, 4.69) is 27.7 Å². The topological polar surface area (TPSA) is 18.5 Å². The van der Waals surface area contributed by atoms with E-state index in [4.69, 9.17) is 9.47 Å². The zero-order chi connectivity index (χ0) is 11.3. The molecule has 0 aromatic heterocycles. The lowest BCUT2D eigenvalue weighted by Crippen LogP contribution is -2.07. The SMILES string of the molecule is CCCCC(CC)C1=C(C(C)C)OCO1. The zero-order valence-corrected chi connectivity index (χ0v) is 10.5. The lowest BCUT2D eigenvalue weighted by atomic mass is 9.94. The van der Waals surface area contributed by atoms with Gasteiger partial charge < -0.3 is 9.47 Å². The standard InChI is InChI=1S/C13H24O2/c1-5-7-8-11(6-2)13-12(10(3)4)14-9-15-13/h10-11H,5-9H2,1-4H3. The van der Waals surface area contributed by atoms with Crippen LogP contribution in [0.5, 0.6) is 0 Å². The van der Waals surface area contributed by atoms with Gasteiger partial charge in [-0.15, -0.1) is 0 Å². The molecule has 1 unspecified atom stereocenters. The van der Waals surface area contributed by atoms with Gasteiger partial charge in [0.15, 0.2) is 0 Å². The quantitative estimate of drug-likeness (QED) is 0.660. The second-order valence-electron chi connectivity index (χ2n) is 4.54. The lowest BCUT2D eigenvalue weighted by molar-refractivity contribution is 0.0566. The van der Waals surface area contributed by atoms with Gasteiger partial charge in [-0.25, -0.2) is 0 Å². The first-order valence-electron chi connectivity index (χ1n) is 6.20. The van der Waals surface area contributed by atoms with Crippen LogP contribution in [0.2, 0.25) is 0 Å². The van der Waals surface area contributed by atoms with Gasteiger partial charge in [0.2, 0.25) is 6.79 Å². The number of ether oxygens (including phenoxy) is 2. The molecule has 0 radical (unpaired) electrons. The largest absolute Gasteiger partial charge is 0.458 e. The van der Waals surface area contributed by atoms with Crippen molar-refractivity contribution < 1.29 is 9.47 Å². The molecule has 1 aliphatic rings. The van der Waals surface area contributed by atoms with Gasteiger partial charge in [0.25, 0.3) is 0 Å². The van der Waals surface area contributed by atoms with E-state index in [-0.39, 0.29) is 0 Å². The molecule has 0 aliphatic carbocycles. The van der Waals surface area contributed by atoms with Crippen molar-refractivity contribution in [1.29, 1.82) is 0 Å². The fraction of sp³-hybridized carbons (Fsp3) is 0.846. The third kappa shape index (κ3) is 3.15. The summed E-state index contributed by atoms with van der Waals surface area (Å²) in [5.74, 6) is 3.21. The van der Waals surface area contributed by atoms with Crippen LogP contribution in [-0.2, 0) is 9.47 Å². The van der Waals surface area contributed by atoms with Crippen molar-refractivity contribution in [1.82, 2.24) is 0 Å². The zero-order valence-electron chi connectivity index (χ0n) is 10.5. The van der Waals surface area contributed by atoms with Gasteiger partial charge in [-0.05, 0) is 12.8 Å². The van der Waals surface area contributed by atoms with Crippen molar-refractivity contribution in [2.45, 2.75) is 53.4 Å². The Hall–Kier alpha value is -0.660. The normalized spacial score (nSPS) is 17.9. The second kappa shape index (κ2) is 6.04. The average molecular weight is 212 g/mol. The van der Waals surface area contributed by atoms with Crippen molar-refractivity contribution in [3.63, 3.8) is 0 Å². The molecule has 1 aliphatic heterocycles. The van der Waals surface area contributed by atoms with E-state index >= 15 is 0 Å². The Kier molecular flexibility index (Phi) is 5.00. The van der Waals surface area contributed by atoms with E-state index < -0.39 is 0 Å². The van der Waals surface area contributed by atoms with E-state index in [0.29, 0.717) is 18.6 Å². The van der Waals surface area contributed by atoms with Crippen molar-refractivity contribution in [2.24, 2.45) is 11.8 Å². The van der Waals surface area contributed by atoms with Crippen LogP contribution in [0, 0.1) is 11.8 Å². The highest BCUT2D eigenvalue weighted by molar-refractivity contribution is 5.10. The second-order valence-corrected chi connectivity index (χ2v) is 4.54. The number of hydrogen-bond donors (Lipinski definition) is 0. The Morgan fingerprint density at radius 1 is 1.13 bits per heavy atom. The summed E-state index contributed by atoms with van der Waals surface area (Å²) in [6, 6.07) is 0. The van der Waals surface area contributed by atoms with E-state index in [1.165, 1.54) is 19.3 Å². The van der Waals surface area contributed by atoms with Gasteiger partial charge in [0.1, 0.15) is 11.5 Å². The molecule has 0 spiro atoms. The fourth-order valence-electron chi connectivity index (χ4n) is 2.04. The average Bonchev–Trinajstić information content (AvgIpc) is 2.68. The monoisotopic (exact) mass is 212 g/mol. The fourth-order valence-corrected chi connectivity index (χ4v) is 2.04. The molecule has 88 valence electrons. The van der Waals surface area contributed by atoms with Crippen LogP contribution in [0.1, 0.15) is 53.4 Å². The van der Waals surface area contributed by atoms with Gasteiger partial charge in [-0.2, -0.15) is 0 Å². The van der Waals surface area contributed by atoms with Crippen molar-refractivity contribution in [3.8, 4) is 0 Å². The molecule has 0 fully saturated rings. The summed E-state index contributed by atoms with van der Waals surface area (Å²) in [5, 5.41) is 0. The van der Waals surface area contributed by atoms with Crippen LogP contribution in [0.15, 0.2) is 11.5 Å². The molecule has 0 bridgehead atoms. The lowest BCUT2D eigenvalue weighted by Gasteiger charge is -2.16. The van der Waals surface area contributed by atoms with Crippen molar-refractivity contribution in [2.75, 3.05) is 6.79 Å². The maximum Gasteiger partial charge on any atom is 0.230 e. The van der Waals surface area contributed by atoms with Gasteiger partial charge in [0, 0.05) is 11.8 Å². The Morgan fingerprint density at radius 3 is 2.33 bits per heavy atom. The van der Waals surface area contributed by atoms with E-state index in [1.54, 1.807) is 0 Å². The first kappa shape index (κ1) is 12.4. The third-order valence-electron chi connectivity index (χ3n) is 2.97. The summed E-state index contributed by atoms with van der Waals surface area (Å²) in [5.41, 5.74) is 0. The number of unbranched alkanes of at least 4 members (excludes halogenated alkanes) is 1. The smallest absolute Gasteiger partial charge is 0.230 e. The number of allylic oxidation sites excluding steroid dienone is 2. The number of rotatable bonds is 6. The molecule has 0 saturated carbocycles. The molecule has 15 heavy (non-hydrogen) atoms. The molecular formula is C13H24O2. The minimum absolute atomic E-state index is 0.422. The molecule has 2 nitrogen and oxygen atoms in total. The molecule has 0 aromatic rings. The number of hydrogen-bond acceptors (Lipinski definition) is 2. The van der Waals surface area contributed by atoms with E-state index in [9.17, 15) is 0 Å². The summed E-state index contributed by atoms with van der Waals surface area (Å²) in [6.45, 7) is 9.21. The highest BCUT2D eigenvalue weighted by Crippen LogP contribution is 2.33. The molecule has 0 aromatic carbocycles. The first-order chi connectivity index (χ1) is 7.20. The molecule has 2 heteroatoms. The van der Waals surface area contributed by atoms with Crippen LogP contribution < -0.4 is 0 Å². The van der Waals surface area contributed by atoms with Crippen LogP contribution in [0.4, 0.5) is 0 Å². The van der Waals surface area contributed by atoms with Gasteiger partial charge in [0.05, 0.1) is 0 Å². The molecule has 0 amide bonds. The summed E-state index contributed by atoms with van der Waals surface area (Å²) in [6.07, 6.45) is 4.90. The molecule has 1 heterocycles. The Morgan fingerprint density at radius 2 is 1.80 bits per heavy atom. The predicted octanol–water partition coefficient (Wildman–Crippen LogP) is 4.07. The molecular weight excluding hydrogens is 188 g/mol. The van der Waals surface area contributed by atoms with Crippen LogP contribution in [0.3, 0.4) is 0 Å². The third-order valence-corrected chi connectivity index (χ3v) is 2.97. The van der Waals surface area contributed by atoms with E-state index in [1.807, 2.05) is 0 Å². The van der Waals surface area contributed by atoms with Crippen LogP contribution in [0.25, 0.3) is 0 Å². The summed E-state index contributed by atoms with van der Waals surface area (Å²) in [7, 11) is 0. The van der Waals surface area contributed by atoms with Gasteiger partial charge >= 0.3 is 0 Å². The summed E-state index contributed by atoms with van der Waals surface area (Å²) < 4.78 is 11.2. The molecule has 0 N–H and O–H groups in total. The summed E-state index contributed by atoms with van der Waals surface area (Å²) >= 11 is 0. The highest BCUT2D eigenvalue weighted by Gasteiger charge is 2.26. The first-order valence-corrected chi connectivity index (χ1v) is 6.20. The van der Waals surface area contributed by atoms with Gasteiger partial charge in [-0.1, -0.05) is 40.5 Å². The Labute approximate surface area is 93.7 Å². The highest BCUT2D eigenvalue weighted by atomic mass is 16.7. The molecule has 1 atom stereocenters. The molecule has 1 rings (SSSR count). The van der Waals surface area contributed by atoms with Gasteiger partial charge in [-0.3, -0.25) is 0 Å². The molecule has 0 saturated heterocycles. The van der Waals surface area contributed by atoms with Crippen molar-refractivity contribution in [3.05, 3.63) is 11.5 Å². The maximum atomic E-state index is 5.63. The minimum atomic E-state index is 0.422. The van der Waals surface area contributed by atoms with Crippen molar-refractivity contribution >= 4 is 0 Å². The van der Waals surface area contributed by atoms with E-state index in [0.717, 1.165) is 17.9 Å². The minimum Gasteiger partial charge on any atom is -0.458 e. The maximum absolute atomic E-state index is 5.63. The Bertz CT molecular complexity index is 219.